The third kappa shape index (κ3) is 4.47. The maximum absolute atomic E-state index is 14.3. The Morgan fingerprint density at radius 2 is 2.22 bits per heavy atom. The number of Topliss-reactive ketones (excluding diaryl/α,β-unsaturated/α-hetero) is 1. The summed E-state index contributed by atoms with van der Waals surface area (Å²) in [6, 6.07) is 2.98. The maximum Gasteiger partial charge on any atom is 0.166 e. The average molecular weight is 341 g/mol. The minimum Gasteiger partial charge on any atom is -0.498 e. The molecule has 0 radical (unpaired) electrons. The van der Waals surface area contributed by atoms with E-state index in [1.165, 1.54) is 6.07 Å². The Hall–Kier alpha value is -1.55. The number of allylic oxidation sites excluding steroid dienone is 2. The lowest BCUT2D eigenvalue weighted by Gasteiger charge is -2.22. The number of ether oxygens (including phenoxy) is 2. The second-order valence-electron chi connectivity index (χ2n) is 5.63. The summed E-state index contributed by atoms with van der Waals surface area (Å²) < 4.78 is 25.1. The van der Waals surface area contributed by atoms with Gasteiger partial charge in [0.05, 0.1) is 24.5 Å². The highest BCUT2D eigenvalue weighted by Gasteiger charge is 2.23. The van der Waals surface area contributed by atoms with E-state index in [-0.39, 0.29) is 34.5 Å². The van der Waals surface area contributed by atoms with Gasteiger partial charge in [0, 0.05) is 18.8 Å². The largest absolute Gasteiger partial charge is 0.498 e. The quantitative estimate of drug-likeness (QED) is 0.642. The SMILES string of the molecule is CCCC1=CCC(CC(=O)c2ccc(OCC)c(Cl)c2F)CO1. The summed E-state index contributed by atoms with van der Waals surface area (Å²) in [6.45, 7) is 4.77. The number of ketones is 1. The highest BCUT2D eigenvalue weighted by Crippen LogP contribution is 2.31. The number of carbonyl (C=O) groups excluding carboxylic acids is 1. The van der Waals surface area contributed by atoms with Crippen LogP contribution in [0.2, 0.25) is 5.02 Å². The van der Waals surface area contributed by atoms with Crippen molar-refractivity contribution >= 4 is 17.4 Å². The molecule has 0 aliphatic carbocycles. The number of hydrogen-bond donors (Lipinski definition) is 0. The molecule has 1 aromatic carbocycles. The summed E-state index contributed by atoms with van der Waals surface area (Å²) in [7, 11) is 0. The van der Waals surface area contributed by atoms with Crippen molar-refractivity contribution in [2.75, 3.05) is 13.2 Å². The van der Waals surface area contributed by atoms with Gasteiger partial charge in [0.2, 0.25) is 0 Å². The number of halogens is 2. The van der Waals surface area contributed by atoms with Gasteiger partial charge < -0.3 is 9.47 Å². The van der Waals surface area contributed by atoms with E-state index < -0.39 is 5.82 Å². The second kappa shape index (κ2) is 8.34. The lowest BCUT2D eigenvalue weighted by atomic mass is 9.94. The zero-order chi connectivity index (χ0) is 16.8. The molecular weight excluding hydrogens is 319 g/mol. The first-order valence-corrected chi connectivity index (χ1v) is 8.40. The van der Waals surface area contributed by atoms with Crippen LogP contribution in [0.15, 0.2) is 24.0 Å². The molecule has 0 bridgehead atoms. The molecule has 0 saturated carbocycles. The minimum absolute atomic E-state index is 0.0155. The molecule has 0 saturated heterocycles. The maximum atomic E-state index is 14.3. The predicted molar refractivity (Wildman–Crippen MR) is 88.6 cm³/mol. The molecule has 0 spiro atoms. The molecule has 23 heavy (non-hydrogen) atoms. The summed E-state index contributed by atoms with van der Waals surface area (Å²) >= 11 is 5.93. The fourth-order valence-corrected chi connectivity index (χ4v) is 2.82. The number of benzene rings is 1. The molecule has 1 atom stereocenters. The molecule has 0 fully saturated rings. The fourth-order valence-electron chi connectivity index (χ4n) is 2.60. The molecular formula is C18H22ClFO3. The molecule has 1 unspecified atom stereocenters. The van der Waals surface area contributed by atoms with Crippen molar-refractivity contribution in [3.05, 3.63) is 40.4 Å². The molecule has 1 aromatic rings. The van der Waals surface area contributed by atoms with Crippen molar-refractivity contribution in [3.63, 3.8) is 0 Å². The van der Waals surface area contributed by atoms with Crippen LogP contribution in [0, 0.1) is 11.7 Å². The molecule has 0 amide bonds. The summed E-state index contributed by atoms with van der Waals surface area (Å²) in [6.07, 6.45) is 5.02. The Labute approximate surface area is 141 Å². The van der Waals surface area contributed by atoms with Gasteiger partial charge in [0.25, 0.3) is 0 Å². The van der Waals surface area contributed by atoms with Crippen molar-refractivity contribution in [2.45, 2.75) is 39.5 Å². The van der Waals surface area contributed by atoms with E-state index in [1.54, 1.807) is 13.0 Å². The van der Waals surface area contributed by atoms with Gasteiger partial charge in [-0.25, -0.2) is 4.39 Å². The second-order valence-corrected chi connectivity index (χ2v) is 6.01. The molecule has 5 heteroatoms. The zero-order valence-electron chi connectivity index (χ0n) is 13.5. The van der Waals surface area contributed by atoms with E-state index in [0.717, 1.165) is 25.0 Å². The van der Waals surface area contributed by atoms with E-state index in [2.05, 4.69) is 6.92 Å². The number of carbonyl (C=O) groups is 1. The van der Waals surface area contributed by atoms with Crippen LogP contribution in [0.5, 0.6) is 5.75 Å². The molecule has 0 aromatic heterocycles. The lowest BCUT2D eigenvalue weighted by Crippen LogP contribution is -2.18. The molecule has 1 heterocycles. The van der Waals surface area contributed by atoms with E-state index in [9.17, 15) is 9.18 Å². The Kier molecular flexibility index (Phi) is 6.46. The molecule has 126 valence electrons. The molecule has 0 N–H and O–H groups in total. The standard InChI is InChI=1S/C18H22ClFO3/c1-3-5-13-7-6-12(11-23-13)10-15(21)14-8-9-16(22-4-2)17(19)18(14)20/h7-9,12H,3-6,10-11H2,1-2H3. The van der Waals surface area contributed by atoms with Gasteiger partial charge in [-0.15, -0.1) is 0 Å². The van der Waals surface area contributed by atoms with Gasteiger partial charge in [0.1, 0.15) is 10.8 Å². The first kappa shape index (κ1) is 17.8. The van der Waals surface area contributed by atoms with Crippen molar-refractivity contribution in [3.8, 4) is 5.75 Å². The predicted octanol–water partition coefficient (Wildman–Crippen LogP) is 5.17. The fraction of sp³-hybridized carbons (Fsp3) is 0.500. The van der Waals surface area contributed by atoms with Crippen molar-refractivity contribution in [1.29, 1.82) is 0 Å². The topological polar surface area (TPSA) is 35.5 Å². The summed E-state index contributed by atoms with van der Waals surface area (Å²) in [4.78, 5) is 12.3. The highest BCUT2D eigenvalue weighted by molar-refractivity contribution is 6.32. The van der Waals surface area contributed by atoms with E-state index >= 15 is 0 Å². The molecule has 3 nitrogen and oxygen atoms in total. The van der Waals surface area contributed by atoms with Crippen molar-refractivity contribution in [1.82, 2.24) is 0 Å². The molecule has 2 rings (SSSR count). The zero-order valence-corrected chi connectivity index (χ0v) is 14.3. The van der Waals surface area contributed by atoms with Crippen LogP contribution in [-0.2, 0) is 4.74 Å². The van der Waals surface area contributed by atoms with Crippen LogP contribution in [0.4, 0.5) is 4.39 Å². The van der Waals surface area contributed by atoms with Crippen molar-refractivity contribution in [2.24, 2.45) is 5.92 Å². The van der Waals surface area contributed by atoms with Gasteiger partial charge in [-0.1, -0.05) is 18.5 Å². The van der Waals surface area contributed by atoms with Crippen LogP contribution < -0.4 is 4.74 Å². The van der Waals surface area contributed by atoms with Crippen LogP contribution in [0.3, 0.4) is 0 Å². The highest BCUT2D eigenvalue weighted by atomic mass is 35.5. The van der Waals surface area contributed by atoms with Crippen LogP contribution in [0.25, 0.3) is 0 Å². The van der Waals surface area contributed by atoms with E-state index in [4.69, 9.17) is 21.1 Å². The van der Waals surface area contributed by atoms with Gasteiger partial charge >= 0.3 is 0 Å². The van der Waals surface area contributed by atoms with Crippen molar-refractivity contribution < 1.29 is 18.7 Å². The smallest absolute Gasteiger partial charge is 0.166 e. The van der Waals surface area contributed by atoms with Crippen LogP contribution in [0.1, 0.15) is 49.9 Å². The Bertz CT molecular complexity index is 598. The van der Waals surface area contributed by atoms with Crippen LogP contribution in [-0.4, -0.2) is 19.0 Å². The average Bonchev–Trinajstić information content (AvgIpc) is 2.54. The number of rotatable bonds is 7. The first-order chi connectivity index (χ1) is 11.1. The summed E-state index contributed by atoms with van der Waals surface area (Å²) in [5.41, 5.74) is 0.0155. The van der Waals surface area contributed by atoms with Crippen LogP contribution >= 0.6 is 11.6 Å². The Morgan fingerprint density at radius 3 is 2.83 bits per heavy atom. The van der Waals surface area contributed by atoms with Gasteiger partial charge in [-0.3, -0.25) is 4.79 Å². The third-order valence-electron chi connectivity index (χ3n) is 3.80. The minimum atomic E-state index is -0.707. The van der Waals surface area contributed by atoms with Gasteiger partial charge in [-0.2, -0.15) is 0 Å². The van der Waals surface area contributed by atoms with Gasteiger partial charge in [0.15, 0.2) is 11.6 Å². The first-order valence-electron chi connectivity index (χ1n) is 8.02. The normalized spacial score (nSPS) is 17.4. The number of hydrogen-bond acceptors (Lipinski definition) is 3. The summed E-state index contributed by atoms with van der Waals surface area (Å²) in [5, 5.41) is -0.136. The third-order valence-corrected chi connectivity index (χ3v) is 4.15. The van der Waals surface area contributed by atoms with E-state index in [0.29, 0.717) is 13.2 Å². The van der Waals surface area contributed by atoms with Gasteiger partial charge in [-0.05, 0) is 38.0 Å². The summed E-state index contributed by atoms with van der Waals surface area (Å²) in [5.74, 6) is 0.366. The monoisotopic (exact) mass is 340 g/mol. The van der Waals surface area contributed by atoms with E-state index in [1.807, 2.05) is 6.08 Å². The Balaban J connectivity index is 2.03. The molecule has 1 aliphatic rings. The Morgan fingerprint density at radius 1 is 1.43 bits per heavy atom. The lowest BCUT2D eigenvalue weighted by molar-refractivity contribution is 0.0884. The molecule has 1 aliphatic heterocycles.